The molecule has 1 aliphatic rings. The number of nitrogens with zero attached hydrogens (tertiary/aromatic N) is 1. The van der Waals surface area contributed by atoms with Gasteiger partial charge in [0.15, 0.2) is 5.78 Å². The van der Waals surface area contributed by atoms with E-state index in [0.29, 0.717) is 12.2 Å². The van der Waals surface area contributed by atoms with Crippen molar-refractivity contribution in [3.8, 4) is 0 Å². The Morgan fingerprint density at radius 2 is 2.00 bits per heavy atom. The minimum absolute atomic E-state index is 0.294. The molecule has 0 N–H and O–H groups in total. The van der Waals surface area contributed by atoms with Gasteiger partial charge in [0.2, 0.25) is 0 Å². The average molecular weight is 286 g/mol. The molecule has 2 nitrogen and oxygen atoms in total. The summed E-state index contributed by atoms with van der Waals surface area (Å²) in [6, 6.07) is 3.82. The van der Waals surface area contributed by atoms with Gasteiger partial charge in [-0.2, -0.15) is 0 Å². The van der Waals surface area contributed by atoms with Crippen LogP contribution in [0.5, 0.6) is 0 Å². The van der Waals surface area contributed by atoms with Crippen LogP contribution in [-0.2, 0) is 11.2 Å². The summed E-state index contributed by atoms with van der Waals surface area (Å²) in [7, 11) is 0. The van der Waals surface area contributed by atoms with E-state index in [1.165, 1.54) is 30.6 Å². The Labute approximate surface area is 118 Å². The highest BCUT2D eigenvalue weighted by Gasteiger charge is 2.34. The Balaban J connectivity index is 2.02. The molecular weight excluding hydrogens is 266 g/mol. The van der Waals surface area contributed by atoms with E-state index in [-0.39, 0.29) is 5.54 Å². The first-order valence-corrected chi connectivity index (χ1v) is 7.72. The van der Waals surface area contributed by atoms with Crippen molar-refractivity contribution >= 4 is 28.7 Å². The first kappa shape index (κ1) is 14.0. The number of halogens is 1. The van der Waals surface area contributed by atoms with Gasteiger partial charge in [-0.15, -0.1) is 11.3 Å². The molecule has 100 valence electrons. The maximum Gasteiger partial charge on any atom is 0.157 e. The molecule has 0 spiro atoms. The van der Waals surface area contributed by atoms with Crippen LogP contribution in [0.3, 0.4) is 0 Å². The van der Waals surface area contributed by atoms with Gasteiger partial charge in [-0.1, -0.05) is 18.0 Å². The van der Waals surface area contributed by atoms with E-state index in [9.17, 15) is 4.79 Å². The van der Waals surface area contributed by atoms with Gasteiger partial charge >= 0.3 is 0 Å². The molecule has 1 saturated heterocycles. The van der Waals surface area contributed by atoms with Crippen molar-refractivity contribution < 1.29 is 4.79 Å². The number of ketones is 1. The lowest BCUT2D eigenvalue weighted by Crippen LogP contribution is -2.52. The summed E-state index contributed by atoms with van der Waals surface area (Å²) in [5, 5.41) is 0. The second kappa shape index (κ2) is 5.72. The van der Waals surface area contributed by atoms with Gasteiger partial charge in [0.05, 0.1) is 9.88 Å². The molecular formula is C14H20ClNOS. The third-order valence-electron chi connectivity index (χ3n) is 3.79. The first-order valence-electron chi connectivity index (χ1n) is 6.53. The number of Topliss-reactive ketones (excluding diaryl/α,β-unsaturated/α-hetero) is 1. The molecule has 18 heavy (non-hydrogen) atoms. The van der Waals surface area contributed by atoms with Crippen molar-refractivity contribution in [3.05, 3.63) is 21.3 Å². The van der Waals surface area contributed by atoms with E-state index in [0.717, 1.165) is 22.3 Å². The number of hydrogen-bond acceptors (Lipinski definition) is 3. The van der Waals surface area contributed by atoms with Crippen molar-refractivity contribution in [3.63, 3.8) is 0 Å². The molecule has 1 aliphatic heterocycles. The van der Waals surface area contributed by atoms with Gasteiger partial charge in [-0.05, 0) is 51.9 Å². The highest BCUT2D eigenvalue weighted by atomic mass is 35.5. The number of piperidine rings is 1. The van der Waals surface area contributed by atoms with Gasteiger partial charge in [0, 0.05) is 11.3 Å². The van der Waals surface area contributed by atoms with Crippen LogP contribution in [0.15, 0.2) is 12.1 Å². The lowest BCUT2D eigenvalue weighted by atomic mass is 9.91. The molecule has 1 fully saturated rings. The van der Waals surface area contributed by atoms with Crippen LogP contribution in [-0.4, -0.2) is 29.3 Å². The van der Waals surface area contributed by atoms with Gasteiger partial charge in [0.1, 0.15) is 0 Å². The molecule has 2 rings (SSSR count). The largest absolute Gasteiger partial charge is 0.297 e. The number of carbonyl (C=O) groups is 1. The second-order valence-corrected chi connectivity index (χ2v) is 7.21. The van der Waals surface area contributed by atoms with Crippen molar-refractivity contribution in [1.29, 1.82) is 0 Å². The standard InChI is InChI=1S/C14H20ClNOS/c1-14(2,16-8-4-3-5-9-16)12(17)10-11-6-7-13(15)18-11/h6-7H,3-5,8-10H2,1-2H3. The summed E-state index contributed by atoms with van der Waals surface area (Å²) in [6.07, 6.45) is 4.21. The summed E-state index contributed by atoms with van der Waals surface area (Å²) in [6.45, 7) is 6.19. The topological polar surface area (TPSA) is 20.3 Å². The monoisotopic (exact) mass is 285 g/mol. The predicted molar refractivity (Wildman–Crippen MR) is 77.5 cm³/mol. The van der Waals surface area contributed by atoms with E-state index in [4.69, 9.17) is 11.6 Å². The Bertz CT molecular complexity index is 421. The Morgan fingerprint density at radius 3 is 2.56 bits per heavy atom. The fourth-order valence-corrected chi connectivity index (χ4v) is 3.54. The number of rotatable bonds is 4. The van der Waals surface area contributed by atoms with Crippen LogP contribution >= 0.6 is 22.9 Å². The SMILES string of the molecule is CC(C)(C(=O)Cc1ccc(Cl)s1)N1CCCCC1. The summed E-state index contributed by atoms with van der Waals surface area (Å²) in [5.41, 5.74) is -0.350. The third kappa shape index (κ3) is 3.14. The smallest absolute Gasteiger partial charge is 0.157 e. The lowest BCUT2D eigenvalue weighted by Gasteiger charge is -2.39. The number of likely N-dealkylation sites (tertiary alicyclic amines) is 1. The van der Waals surface area contributed by atoms with Gasteiger partial charge in [-0.3, -0.25) is 9.69 Å². The lowest BCUT2D eigenvalue weighted by molar-refractivity contribution is -0.129. The zero-order valence-electron chi connectivity index (χ0n) is 11.0. The average Bonchev–Trinajstić information content (AvgIpc) is 2.76. The zero-order valence-corrected chi connectivity index (χ0v) is 12.6. The van der Waals surface area contributed by atoms with Crippen molar-refractivity contribution in [1.82, 2.24) is 4.90 Å². The quantitative estimate of drug-likeness (QED) is 0.839. The third-order valence-corrected chi connectivity index (χ3v) is 5.02. The van der Waals surface area contributed by atoms with Crippen molar-refractivity contribution in [2.75, 3.05) is 13.1 Å². The van der Waals surface area contributed by atoms with Gasteiger partial charge < -0.3 is 0 Å². The fourth-order valence-electron chi connectivity index (χ4n) is 2.45. The van der Waals surface area contributed by atoms with Crippen LogP contribution in [0.4, 0.5) is 0 Å². The molecule has 1 aromatic heterocycles. The highest BCUT2D eigenvalue weighted by Crippen LogP contribution is 2.26. The van der Waals surface area contributed by atoms with Crippen LogP contribution in [0.2, 0.25) is 4.34 Å². The summed E-state index contributed by atoms with van der Waals surface area (Å²) in [5.74, 6) is 0.294. The first-order chi connectivity index (χ1) is 8.50. The minimum Gasteiger partial charge on any atom is -0.297 e. The maximum atomic E-state index is 12.5. The molecule has 0 aromatic carbocycles. The minimum atomic E-state index is -0.350. The van der Waals surface area contributed by atoms with Crippen molar-refractivity contribution in [2.24, 2.45) is 0 Å². The molecule has 0 atom stereocenters. The maximum absolute atomic E-state index is 12.5. The van der Waals surface area contributed by atoms with E-state index >= 15 is 0 Å². The predicted octanol–water partition coefficient (Wildman–Crippen LogP) is 3.78. The van der Waals surface area contributed by atoms with Crippen LogP contribution < -0.4 is 0 Å². The zero-order chi connectivity index (χ0) is 13.2. The summed E-state index contributed by atoms with van der Waals surface area (Å²) >= 11 is 7.41. The number of thiophene rings is 1. The summed E-state index contributed by atoms with van der Waals surface area (Å²) in [4.78, 5) is 15.9. The fraction of sp³-hybridized carbons (Fsp3) is 0.643. The molecule has 0 amide bonds. The Hall–Kier alpha value is -0.380. The number of hydrogen-bond donors (Lipinski definition) is 0. The Kier molecular flexibility index (Phi) is 4.46. The van der Waals surface area contributed by atoms with Crippen LogP contribution in [0, 0.1) is 0 Å². The highest BCUT2D eigenvalue weighted by molar-refractivity contribution is 7.16. The number of carbonyl (C=O) groups excluding carboxylic acids is 1. The van der Waals surface area contributed by atoms with E-state index in [1.54, 1.807) is 0 Å². The van der Waals surface area contributed by atoms with Crippen LogP contribution in [0.1, 0.15) is 38.0 Å². The van der Waals surface area contributed by atoms with Gasteiger partial charge in [-0.25, -0.2) is 0 Å². The van der Waals surface area contributed by atoms with Crippen molar-refractivity contribution in [2.45, 2.75) is 45.1 Å². The summed E-state index contributed by atoms with van der Waals surface area (Å²) < 4.78 is 0.758. The van der Waals surface area contributed by atoms with E-state index in [1.807, 2.05) is 12.1 Å². The molecule has 2 heterocycles. The molecule has 1 aromatic rings. The molecule has 0 aliphatic carbocycles. The van der Waals surface area contributed by atoms with Gasteiger partial charge in [0.25, 0.3) is 0 Å². The second-order valence-electron chi connectivity index (χ2n) is 5.41. The molecule has 0 radical (unpaired) electrons. The van der Waals surface area contributed by atoms with Crippen LogP contribution in [0.25, 0.3) is 0 Å². The molecule has 4 heteroatoms. The van der Waals surface area contributed by atoms with E-state index < -0.39 is 0 Å². The van der Waals surface area contributed by atoms with E-state index in [2.05, 4.69) is 18.7 Å². The Morgan fingerprint density at radius 1 is 1.33 bits per heavy atom. The molecule has 0 unspecified atom stereocenters. The molecule has 0 bridgehead atoms. The normalized spacial score (nSPS) is 17.9. The molecule has 0 saturated carbocycles.